The number of benzene rings is 1. The fourth-order valence-electron chi connectivity index (χ4n) is 1.72. The third-order valence-corrected chi connectivity index (χ3v) is 3.93. The molecule has 1 aromatic carbocycles. The molecule has 1 atom stereocenters. The van der Waals surface area contributed by atoms with E-state index in [-0.39, 0.29) is 5.91 Å². The van der Waals surface area contributed by atoms with Crippen molar-refractivity contribution in [2.75, 3.05) is 7.05 Å². The first kappa shape index (κ1) is 10.4. The topological polar surface area (TPSA) is 32.7 Å². The first-order valence-corrected chi connectivity index (χ1v) is 5.44. The summed E-state index contributed by atoms with van der Waals surface area (Å²) < 4.78 is -0.775. The number of hydrogen-bond acceptors (Lipinski definition) is 2. The zero-order valence-corrected chi connectivity index (χ0v) is 10.2. The highest BCUT2D eigenvalue weighted by molar-refractivity contribution is 9.10. The molecule has 1 aliphatic heterocycles. The number of hydrogen-bond donors (Lipinski definition) is 0. The number of alkyl halides is 1. The lowest BCUT2D eigenvalue weighted by atomic mass is 9.95. The Morgan fingerprint density at radius 2 is 1.93 bits per heavy atom. The van der Waals surface area contributed by atoms with Gasteiger partial charge in [-0.3, -0.25) is 4.79 Å². The number of amides is 1. The number of likely N-dealkylation sites (N-methyl/N-ethyl adjacent to an activating group) is 1. The Labute approximate surface area is 96.9 Å². The summed E-state index contributed by atoms with van der Waals surface area (Å²) in [4.78, 5) is 12.0. The summed E-state index contributed by atoms with van der Waals surface area (Å²) in [7, 11) is 1.66. The molecule has 4 heteroatoms. The monoisotopic (exact) mass is 266 g/mol. The van der Waals surface area contributed by atoms with Crippen molar-refractivity contribution in [2.45, 2.75) is 11.2 Å². The van der Waals surface area contributed by atoms with E-state index in [4.69, 9.17) is 0 Å². The van der Waals surface area contributed by atoms with Gasteiger partial charge in [0, 0.05) is 7.05 Å². The summed E-state index contributed by atoms with van der Waals surface area (Å²) in [6.45, 7) is 1.85. The lowest BCUT2D eigenvalue weighted by molar-refractivity contribution is -0.129. The highest BCUT2D eigenvalue weighted by Gasteiger charge is 2.47. The van der Waals surface area contributed by atoms with Crippen molar-refractivity contribution in [1.29, 1.82) is 0 Å². The van der Waals surface area contributed by atoms with Crippen LogP contribution in [0.5, 0.6) is 0 Å². The minimum Gasteiger partial charge on any atom is -0.270 e. The average Bonchev–Trinajstić information content (AvgIpc) is 2.45. The third-order valence-electron chi connectivity index (χ3n) is 2.56. The Kier molecular flexibility index (Phi) is 2.38. The molecule has 0 saturated heterocycles. The normalized spacial score (nSPS) is 25.7. The van der Waals surface area contributed by atoms with Crippen LogP contribution in [0, 0.1) is 0 Å². The number of carbonyl (C=O) groups excluding carboxylic acids is 1. The SMILES string of the molecule is CC1=NN(C)C(=O)C1(Br)c1ccccc1. The van der Waals surface area contributed by atoms with Gasteiger partial charge in [0.2, 0.25) is 0 Å². The van der Waals surface area contributed by atoms with Crippen LogP contribution in [-0.2, 0) is 9.12 Å². The molecule has 0 aromatic heterocycles. The molecule has 0 saturated carbocycles. The molecule has 0 radical (unpaired) electrons. The molecule has 1 amide bonds. The highest BCUT2D eigenvalue weighted by Crippen LogP contribution is 2.38. The third kappa shape index (κ3) is 1.40. The van der Waals surface area contributed by atoms with E-state index in [0.717, 1.165) is 11.3 Å². The number of rotatable bonds is 1. The van der Waals surface area contributed by atoms with Crippen LogP contribution in [0.3, 0.4) is 0 Å². The fraction of sp³-hybridized carbons (Fsp3) is 0.273. The lowest BCUT2D eigenvalue weighted by Gasteiger charge is -2.20. The summed E-state index contributed by atoms with van der Waals surface area (Å²) in [5, 5.41) is 5.53. The Morgan fingerprint density at radius 1 is 1.33 bits per heavy atom. The van der Waals surface area contributed by atoms with Crippen LogP contribution >= 0.6 is 15.9 Å². The van der Waals surface area contributed by atoms with Crippen LogP contribution in [0.4, 0.5) is 0 Å². The minimum atomic E-state index is -0.775. The van der Waals surface area contributed by atoms with Crippen LogP contribution in [0.2, 0.25) is 0 Å². The summed E-state index contributed by atoms with van der Waals surface area (Å²) in [6, 6.07) is 9.60. The Morgan fingerprint density at radius 3 is 2.40 bits per heavy atom. The van der Waals surface area contributed by atoms with Crippen molar-refractivity contribution in [3.63, 3.8) is 0 Å². The fourth-order valence-corrected chi connectivity index (χ4v) is 2.32. The van der Waals surface area contributed by atoms with Crippen molar-refractivity contribution in [3.8, 4) is 0 Å². The zero-order chi connectivity index (χ0) is 11.1. The van der Waals surface area contributed by atoms with Crippen LogP contribution in [0.15, 0.2) is 35.4 Å². The molecule has 0 aliphatic carbocycles. The zero-order valence-electron chi connectivity index (χ0n) is 8.57. The molecule has 1 heterocycles. The Bertz CT molecular complexity index is 429. The molecule has 3 nitrogen and oxygen atoms in total. The van der Waals surface area contributed by atoms with E-state index in [1.807, 2.05) is 37.3 Å². The van der Waals surface area contributed by atoms with Crippen molar-refractivity contribution in [2.24, 2.45) is 5.10 Å². The van der Waals surface area contributed by atoms with E-state index in [1.165, 1.54) is 5.01 Å². The predicted molar refractivity (Wildman–Crippen MR) is 62.9 cm³/mol. The molecule has 0 fully saturated rings. The molecule has 1 aliphatic rings. The van der Waals surface area contributed by atoms with Crippen molar-refractivity contribution >= 4 is 27.5 Å². The van der Waals surface area contributed by atoms with Crippen molar-refractivity contribution < 1.29 is 4.79 Å². The molecule has 1 unspecified atom stereocenters. The van der Waals surface area contributed by atoms with Crippen LogP contribution in [-0.4, -0.2) is 23.7 Å². The van der Waals surface area contributed by atoms with Crippen LogP contribution in [0.25, 0.3) is 0 Å². The van der Waals surface area contributed by atoms with E-state index in [0.29, 0.717) is 0 Å². The molecular formula is C11H11BrN2O. The van der Waals surface area contributed by atoms with Crippen molar-refractivity contribution in [3.05, 3.63) is 35.9 Å². The summed E-state index contributed by atoms with van der Waals surface area (Å²) >= 11 is 3.50. The van der Waals surface area contributed by atoms with Gasteiger partial charge in [-0.15, -0.1) is 0 Å². The standard InChI is InChI=1S/C11H11BrN2O/c1-8-11(12,10(15)14(2)13-8)9-6-4-3-5-7-9/h3-7H,1-2H3. The van der Waals surface area contributed by atoms with Crippen molar-refractivity contribution in [1.82, 2.24) is 5.01 Å². The van der Waals surface area contributed by atoms with Crippen LogP contribution in [0.1, 0.15) is 12.5 Å². The lowest BCUT2D eigenvalue weighted by Crippen LogP contribution is -2.36. The number of halogens is 1. The second kappa shape index (κ2) is 3.45. The quantitative estimate of drug-likeness (QED) is 0.717. The van der Waals surface area contributed by atoms with Gasteiger partial charge < -0.3 is 0 Å². The van der Waals surface area contributed by atoms with Gasteiger partial charge in [0.25, 0.3) is 5.91 Å². The highest BCUT2D eigenvalue weighted by atomic mass is 79.9. The van der Waals surface area contributed by atoms with E-state index >= 15 is 0 Å². The summed E-state index contributed by atoms with van der Waals surface area (Å²) in [5.41, 5.74) is 1.68. The molecule has 15 heavy (non-hydrogen) atoms. The predicted octanol–water partition coefficient (Wildman–Crippen LogP) is 2.12. The molecule has 0 spiro atoms. The van der Waals surface area contributed by atoms with Gasteiger partial charge >= 0.3 is 0 Å². The largest absolute Gasteiger partial charge is 0.270 e. The number of carbonyl (C=O) groups is 1. The van der Waals surface area contributed by atoms with Gasteiger partial charge in [-0.2, -0.15) is 5.10 Å². The maximum Gasteiger partial charge on any atom is 0.269 e. The van der Waals surface area contributed by atoms with Gasteiger partial charge in [0.05, 0.1) is 5.71 Å². The summed E-state index contributed by atoms with van der Waals surface area (Å²) in [6.07, 6.45) is 0. The van der Waals surface area contributed by atoms with Gasteiger partial charge in [-0.05, 0) is 12.5 Å². The maximum atomic E-state index is 12.0. The maximum absolute atomic E-state index is 12.0. The van der Waals surface area contributed by atoms with E-state index < -0.39 is 4.32 Å². The minimum absolute atomic E-state index is 0.0498. The van der Waals surface area contributed by atoms with Gasteiger partial charge in [-0.1, -0.05) is 46.3 Å². The van der Waals surface area contributed by atoms with Gasteiger partial charge in [0.15, 0.2) is 4.32 Å². The molecule has 2 rings (SSSR count). The molecule has 78 valence electrons. The first-order valence-electron chi connectivity index (χ1n) is 4.65. The molecule has 1 aromatic rings. The first-order chi connectivity index (χ1) is 7.06. The average molecular weight is 267 g/mol. The van der Waals surface area contributed by atoms with Crippen LogP contribution < -0.4 is 0 Å². The Balaban J connectivity index is 2.53. The Hall–Kier alpha value is -1.16. The second-order valence-electron chi connectivity index (χ2n) is 3.54. The summed E-state index contributed by atoms with van der Waals surface area (Å²) in [5.74, 6) is -0.0498. The van der Waals surface area contributed by atoms with E-state index in [1.54, 1.807) is 7.05 Å². The van der Waals surface area contributed by atoms with E-state index in [9.17, 15) is 4.79 Å². The van der Waals surface area contributed by atoms with Gasteiger partial charge in [-0.25, -0.2) is 5.01 Å². The number of nitrogens with zero attached hydrogens (tertiary/aromatic N) is 2. The molecule has 0 bridgehead atoms. The van der Waals surface area contributed by atoms with Gasteiger partial charge in [0.1, 0.15) is 0 Å². The smallest absolute Gasteiger partial charge is 0.269 e. The molecule has 0 N–H and O–H groups in total. The molecular weight excluding hydrogens is 256 g/mol. The number of hydrazone groups is 1. The second-order valence-corrected chi connectivity index (χ2v) is 4.73. The van der Waals surface area contributed by atoms with E-state index in [2.05, 4.69) is 21.0 Å².